The number of benzene rings is 1. The van der Waals surface area contributed by atoms with Crippen molar-refractivity contribution < 1.29 is 17.6 Å². The van der Waals surface area contributed by atoms with Gasteiger partial charge < -0.3 is 9.80 Å². The molecule has 2 aromatic heterocycles. The molecule has 0 aliphatic carbocycles. The Morgan fingerprint density at radius 1 is 1.03 bits per heavy atom. The number of sulfonamides is 1. The van der Waals surface area contributed by atoms with Crippen molar-refractivity contribution in [2.45, 2.75) is 6.92 Å². The second-order valence-electron chi connectivity index (χ2n) is 8.65. The van der Waals surface area contributed by atoms with Gasteiger partial charge in [-0.15, -0.1) is 0 Å². The molecule has 0 saturated carbocycles. The van der Waals surface area contributed by atoms with Crippen LogP contribution in [0.5, 0.6) is 0 Å². The number of allylic oxidation sites excluding steroid dienone is 1. The largest absolute Gasteiger partial charge is 0.322 e. The van der Waals surface area contributed by atoms with E-state index >= 15 is 0 Å². The number of nitrogens with zero attached hydrogens (tertiary/aromatic N) is 7. The van der Waals surface area contributed by atoms with Crippen LogP contribution in [0, 0.1) is 5.82 Å². The lowest BCUT2D eigenvalue weighted by Gasteiger charge is -2.40. The average molecular weight is 537 g/mol. The van der Waals surface area contributed by atoms with Gasteiger partial charge in [0.2, 0.25) is 10.0 Å². The number of hydrogen-bond acceptors (Lipinski definition) is 10. The van der Waals surface area contributed by atoms with Gasteiger partial charge in [0.25, 0.3) is 0 Å². The fourth-order valence-corrected chi connectivity index (χ4v) is 4.84. The first-order chi connectivity index (χ1) is 18.2. The normalized spacial score (nSPS) is 16.7. The summed E-state index contributed by atoms with van der Waals surface area (Å²) in [5.74, 6) is 0.382. The summed E-state index contributed by atoms with van der Waals surface area (Å²) in [4.78, 5) is 25.9. The number of pyridine rings is 1. The summed E-state index contributed by atoms with van der Waals surface area (Å²) >= 11 is 0. The van der Waals surface area contributed by atoms with E-state index in [-0.39, 0.29) is 5.82 Å². The number of hydrogen-bond donors (Lipinski definition) is 1. The third-order valence-electron chi connectivity index (χ3n) is 5.88. The maximum absolute atomic E-state index is 13.4. The monoisotopic (exact) mass is 536 g/mol. The van der Waals surface area contributed by atoms with Crippen LogP contribution < -0.4 is 9.62 Å². The van der Waals surface area contributed by atoms with Crippen LogP contribution in [-0.4, -0.2) is 66.1 Å². The second-order valence-corrected chi connectivity index (χ2v) is 10.4. The zero-order valence-corrected chi connectivity index (χ0v) is 21.7. The van der Waals surface area contributed by atoms with Crippen molar-refractivity contribution in [3.05, 3.63) is 95.5 Å². The quantitative estimate of drug-likeness (QED) is 0.537. The first-order valence-corrected chi connectivity index (χ1v) is 13.4. The van der Waals surface area contributed by atoms with Gasteiger partial charge in [0.15, 0.2) is 5.65 Å². The molecule has 5 heterocycles. The van der Waals surface area contributed by atoms with Crippen molar-refractivity contribution in [2.75, 3.05) is 31.5 Å². The molecular formula is C25H25FN8O3S. The minimum Gasteiger partial charge on any atom is -0.322 e. The maximum atomic E-state index is 13.4. The molecule has 0 saturated heterocycles. The minimum atomic E-state index is -3.48. The SMILES string of the molecule is CON1C=C2C=NC3=C(N2C1)N(c1ccc(F)cc1)CC(C)=C3NS(C)(=O)=O.c1cnc2nccnc2c1. The van der Waals surface area contributed by atoms with Gasteiger partial charge in [0.05, 0.1) is 37.2 Å². The molecule has 0 amide bonds. The highest BCUT2D eigenvalue weighted by Crippen LogP contribution is 2.38. The molecule has 0 radical (unpaired) electrons. The van der Waals surface area contributed by atoms with Crippen molar-refractivity contribution >= 4 is 33.1 Å². The molecule has 3 aliphatic heterocycles. The predicted molar refractivity (Wildman–Crippen MR) is 141 cm³/mol. The van der Waals surface area contributed by atoms with Gasteiger partial charge in [-0.3, -0.25) is 14.5 Å². The van der Waals surface area contributed by atoms with Crippen LogP contribution in [-0.2, 0) is 14.9 Å². The van der Waals surface area contributed by atoms with E-state index in [1.807, 2.05) is 35.1 Å². The van der Waals surface area contributed by atoms with Gasteiger partial charge in [-0.1, -0.05) is 0 Å². The van der Waals surface area contributed by atoms with Crippen molar-refractivity contribution in [1.82, 2.24) is 29.6 Å². The lowest BCUT2D eigenvalue weighted by molar-refractivity contribution is -0.0951. The molecule has 13 heteroatoms. The lowest BCUT2D eigenvalue weighted by atomic mass is 10.1. The number of halogens is 1. The van der Waals surface area contributed by atoms with Crippen molar-refractivity contribution in [2.24, 2.45) is 4.99 Å². The van der Waals surface area contributed by atoms with Crippen molar-refractivity contribution in [1.29, 1.82) is 0 Å². The Morgan fingerprint density at radius 2 is 1.76 bits per heavy atom. The standard InChI is InChI=1S/C18H20FN5O3S.C7H5N3/c1-12-9-23(14-6-4-13(19)5-7-14)18-17(16(12)21-28(3,25)26)20-8-15-10-22(27-2)11-24(15)18;1-2-6-7(9-3-1)10-5-4-8-6/h4-8,10,21H,9,11H2,1-3H3;1-5H. The zero-order chi connectivity index (χ0) is 26.9. The number of aliphatic imine (C=N–C) groups is 1. The van der Waals surface area contributed by atoms with Crippen molar-refractivity contribution in [3.8, 4) is 0 Å². The number of hydroxylamine groups is 2. The van der Waals surface area contributed by atoms with Crippen LogP contribution in [0.3, 0.4) is 0 Å². The molecule has 196 valence electrons. The second kappa shape index (κ2) is 10.2. The van der Waals surface area contributed by atoms with Crippen molar-refractivity contribution in [3.63, 3.8) is 0 Å². The molecule has 0 unspecified atom stereocenters. The van der Waals surface area contributed by atoms with E-state index in [0.717, 1.165) is 28.7 Å². The number of aromatic nitrogens is 3. The summed E-state index contributed by atoms with van der Waals surface area (Å²) in [5, 5.41) is 1.65. The minimum absolute atomic E-state index is 0.323. The topological polar surface area (TPSA) is 116 Å². The molecule has 0 atom stereocenters. The van der Waals surface area contributed by atoms with Gasteiger partial charge in [-0.2, -0.15) is 0 Å². The molecule has 0 spiro atoms. The molecular weight excluding hydrogens is 511 g/mol. The first kappa shape index (κ1) is 25.3. The molecule has 3 aliphatic rings. The van der Waals surface area contributed by atoms with E-state index in [1.54, 1.807) is 49.1 Å². The highest BCUT2D eigenvalue weighted by molar-refractivity contribution is 7.88. The summed E-state index contributed by atoms with van der Waals surface area (Å²) in [7, 11) is -1.91. The summed E-state index contributed by atoms with van der Waals surface area (Å²) < 4.78 is 39.8. The number of fused-ring (bicyclic) bond motifs is 3. The number of nitrogens with one attached hydrogen (secondary N) is 1. The molecule has 0 bridgehead atoms. The average Bonchev–Trinajstić information content (AvgIpc) is 3.34. The molecule has 11 nitrogen and oxygen atoms in total. The highest BCUT2D eigenvalue weighted by atomic mass is 32.2. The van der Waals surface area contributed by atoms with Crippen LogP contribution in [0.2, 0.25) is 0 Å². The molecule has 1 N–H and O–H groups in total. The van der Waals surface area contributed by atoms with Gasteiger partial charge in [0.1, 0.15) is 29.5 Å². The van der Waals surface area contributed by atoms with Crippen LogP contribution in [0.4, 0.5) is 10.1 Å². The summed E-state index contributed by atoms with van der Waals surface area (Å²) in [5.41, 5.74) is 4.90. The zero-order valence-electron chi connectivity index (χ0n) is 20.9. The van der Waals surface area contributed by atoms with E-state index in [9.17, 15) is 12.8 Å². The third-order valence-corrected chi connectivity index (χ3v) is 6.46. The van der Waals surface area contributed by atoms with Crippen LogP contribution in [0.1, 0.15) is 6.92 Å². The fourth-order valence-electron chi connectivity index (χ4n) is 4.20. The van der Waals surface area contributed by atoms with Gasteiger partial charge >= 0.3 is 0 Å². The molecule has 38 heavy (non-hydrogen) atoms. The van der Waals surface area contributed by atoms with E-state index in [4.69, 9.17) is 4.84 Å². The van der Waals surface area contributed by atoms with E-state index < -0.39 is 10.0 Å². The smallest absolute Gasteiger partial charge is 0.229 e. The Balaban J connectivity index is 0.000000244. The first-order valence-electron chi connectivity index (χ1n) is 11.5. The Morgan fingerprint density at radius 3 is 2.47 bits per heavy atom. The fraction of sp³-hybridized carbons (Fsp3) is 0.200. The molecule has 1 aromatic carbocycles. The Hall–Kier alpha value is -4.36. The predicted octanol–water partition coefficient (Wildman–Crippen LogP) is 2.73. The highest BCUT2D eigenvalue weighted by Gasteiger charge is 2.37. The van der Waals surface area contributed by atoms with Crippen LogP contribution >= 0.6 is 0 Å². The summed E-state index contributed by atoms with van der Waals surface area (Å²) in [6, 6.07) is 9.90. The van der Waals surface area contributed by atoms with E-state index in [2.05, 4.69) is 24.7 Å². The Labute approximate surface area is 219 Å². The van der Waals surface area contributed by atoms with Gasteiger partial charge in [-0.05, 0) is 48.9 Å². The molecule has 3 aromatic rings. The molecule has 0 fully saturated rings. The lowest BCUT2D eigenvalue weighted by Crippen LogP contribution is -2.44. The van der Waals surface area contributed by atoms with E-state index in [0.29, 0.717) is 36.1 Å². The molecule has 6 rings (SSSR count). The summed E-state index contributed by atoms with van der Waals surface area (Å²) in [6.45, 7) is 2.69. The maximum Gasteiger partial charge on any atom is 0.229 e. The Bertz CT molecular complexity index is 1540. The van der Waals surface area contributed by atoms with Gasteiger partial charge in [-0.25, -0.2) is 32.8 Å². The number of anilines is 1. The Kier molecular flexibility index (Phi) is 6.78. The third kappa shape index (κ3) is 5.19. The van der Waals surface area contributed by atoms with Crippen LogP contribution in [0.25, 0.3) is 11.2 Å². The van der Waals surface area contributed by atoms with Gasteiger partial charge in [0, 0.05) is 30.8 Å². The number of rotatable bonds is 4. The summed E-state index contributed by atoms with van der Waals surface area (Å²) in [6.07, 6.45) is 9.59. The van der Waals surface area contributed by atoms with E-state index in [1.165, 1.54) is 12.1 Å². The van der Waals surface area contributed by atoms with Crippen LogP contribution in [0.15, 0.2) is 94.7 Å².